The van der Waals surface area contributed by atoms with Crippen molar-refractivity contribution in [2.24, 2.45) is 0 Å². The van der Waals surface area contributed by atoms with E-state index in [2.05, 4.69) is 17.1 Å². The molecule has 4 nitrogen and oxygen atoms in total. The van der Waals surface area contributed by atoms with Gasteiger partial charge in [0.1, 0.15) is 0 Å². The predicted molar refractivity (Wildman–Crippen MR) is 69.5 cm³/mol. The topological polar surface area (TPSA) is 45.3 Å². The van der Waals surface area contributed by atoms with Crippen LogP contribution >= 0.6 is 0 Å². The summed E-state index contributed by atoms with van der Waals surface area (Å²) in [5, 5.41) is 1.27. The molecule has 1 aromatic heterocycles. The van der Waals surface area contributed by atoms with Crippen molar-refractivity contribution in [1.82, 2.24) is 9.88 Å². The first-order valence-electron chi connectivity index (χ1n) is 6.16. The van der Waals surface area contributed by atoms with E-state index in [4.69, 9.17) is 4.74 Å². The number of hydrogen-bond acceptors (Lipinski definition) is 2. The first kappa shape index (κ1) is 11.1. The number of aromatic nitrogens is 1. The summed E-state index contributed by atoms with van der Waals surface area (Å²) in [5.74, 6) is 0. The molecule has 18 heavy (non-hydrogen) atoms. The lowest BCUT2D eigenvalue weighted by Crippen LogP contribution is -2.38. The molecule has 1 aliphatic heterocycles. The SMILES string of the molecule is COC(=O)N1CCc2c([nH]c3ccccc23)C1C. The van der Waals surface area contributed by atoms with Crippen LogP contribution in [0.1, 0.15) is 24.2 Å². The highest BCUT2D eigenvalue weighted by atomic mass is 16.5. The summed E-state index contributed by atoms with van der Waals surface area (Å²) < 4.78 is 4.82. The maximum atomic E-state index is 11.7. The summed E-state index contributed by atoms with van der Waals surface area (Å²) >= 11 is 0. The van der Waals surface area contributed by atoms with Gasteiger partial charge in [-0.05, 0) is 25.0 Å². The minimum atomic E-state index is -0.258. The molecule has 2 aromatic rings. The van der Waals surface area contributed by atoms with E-state index in [1.807, 2.05) is 19.1 Å². The second kappa shape index (κ2) is 4.05. The van der Waals surface area contributed by atoms with Gasteiger partial charge in [-0.3, -0.25) is 4.90 Å². The number of methoxy groups -OCH3 is 1. The van der Waals surface area contributed by atoms with Gasteiger partial charge in [0.25, 0.3) is 0 Å². The summed E-state index contributed by atoms with van der Waals surface area (Å²) in [6, 6.07) is 8.31. The van der Waals surface area contributed by atoms with Gasteiger partial charge in [-0.15, -0.1) is 0 Å². The second-order valence-corrected chi connectivity index (χ2v) is 4.65. The molecule has 0 bridgehead atoms. The Bertz CT molecular complexity index is 603. The molecule has 4 heteroatoms. The third-order valence-electron chi connectivity index (χ3n) is 3.74. The Hall–Kier alpha value is -1.97. The zero-order valence-corrected chi connectivity index (χ0v) is 10.6. The normalized spacial score (nSPS) is 18.8. The number of aromatic amines is 1. The van der Waals surface area contributed by atoms with Crippen LogP contribution in [-0.2, 0) is 11.2 Å². The molecular formula is C14H16N2O2. The first-order valence-corrected chi connectivity index (χ1v) is 6.16. The smallest absolute Gasteiger partial charge is 0.410 e. The lowest BCUT2D eigenvalue weighted by Gasteiger charge is -2.32. The fourth-order valence-electron chi connectivity index (χ4n) is 2.80. The van der Waals surface area contributed by atoms with Crippen molar-refractivity contribution in [3.8, 4) is 0 Å². The minimum Gasteiger partial charge on any atom is -0.453 e. The summed E-state index contributed by atoms with van der Waals surface area (Å²) in [5.41, 5.74) is 3.60. The van der Waals surface area contributed by atoms with Crippen molar-refractivity contribution < 1.29 is 9.53 Å². The van der Waals surface area contributed by atoms with Gasteiger partial charge in [0.2, 0.25) is 0 Å². The van der Waals surface area contributed by atoms with Crippen LogP contribution in [0.3, 0.4) is 0 Å². The highest BCUT2D eigenvalue weighted by Crippen LogP contribution is 2.34. The monoisotopic (exact) mass is 244 g/mol. The molecule has 0 saturated carbocycles. The Morgan fingerprint density at radius 2 is 2.22 bits per heavy atom. The van der Waals surface area contributed by atoms with Crippen LogP contribution in [0.4, 0.5) is 4.79 Å². The fourth-order valence-corrected chi connectivity index (χ4v) is 2.80. The van der Waals surface area contributed by atoms with E-state index in [9.17, 15) is 4.79 Å². The maximum absolute atomic E-state index is 11.7. The molecule has 1 amide bonds. The van der Waals surface area contributed by atoms with Crippen molar-refractivity contribution in [2.75, 3.05) is 13.7 Å². The van der Waals surface area contributed by atoms with E-state index in [0.29, 0.717) is 6.54 Å². The predicted octanol–water partition coefficient (Wildman–Crippen LogP) is 2.85. The maximum Gasteiger partial charge on any atom is 0.410 e. The summed E-state index contributed by atoms with van der Waals surface area (Å²) in [6.45, 7) is 2.74. The molecule has 3 rings (SSSR count). The summed E-state index contributed by atoms with van der Waals surface area (Å²) in [7, 11) is 1.43. The second-order valence-electron chi connectivity index (χ2n) is 4.65. The van der Waals surface area contributed by atoms with Crippen LogP contribution in [0, 0.1) is 0 Å². The van der Waals surface area contributed by atoms with E-state index >= 15 is 0 Å². The Morgan fingerprint density at radius 1 is 1.44 bits per heavy atom. The molecule has 1 atom stereocenters. The van der Waals surface area contributed by atoms with E-state index in [-0.39, 0.29) is 12.1 Å². The Kier molecular flexibility index (Phi) is 2.51. The van der Waals surface area contributed by atoms with Gasteiger partial charge in [-0.1, -0.05) is 18.2 Å². The molecule has 2 heterocycles. The van der Waals surface area contributed by atoms with Crippen LogP contribution in [0.25, 0.3) is 10.9 Å². The number of carbonyl (C=O) groups is 1. The van der Waals surface area contributed by atoms with Crippen molar-refractivity contribution in [1.29, 1.82) is 0 Å². The zero-order valence-electron chi connectivity index (χ0n) is 10.6. The average Bonchev–Trinajstić information content (AvgIpc) is 2.78. The molecule has 1 aliphatic rings. The van der Waals surface area contributed by atoms with Crippen molar-refractivity contribution in [3.05, 3.63) is 35.5 Å². The molecule has 1 aromatic carbocycles. The van der Waals surface area contributed by atoms with E-state index < -0.39 is 0 Å². The zero-order chi connectivity index (χ0) is 12.7. The number of H-pyrrole nitrogens is 1. The minimum absolute atomic E-state index is 0.0357. The van der Waals surface area contributed by atoms with Crippen molar-refractivity contribution >= 4 is 17.0 Å². The Labute approximate surface area is 106 Å². The summed E-state index contributed by atoms with van der Waals surface area (Å²) in [6.07, 6.45) is 0.616. The van der Waals surface area contributed by atoms with Gasteiger partial charge in [0, 0.05) is 23.1 Å². The molecule has 0 radical (unpaired) electrons. The number of amides is 1. The van der Waals surface area contributed by atoms with Gasteiger partial charge in [-0.2, -0.15) is 0 Å². The number of carbonyl (C=O) groups excluding carboxylic acids is 1. The van der Waals surface area contributed by atoms with Gasteiger partial charge in [-0.25, -0.2) is 4.79 Å². The fraction of sp³-hybridized carbons (Fsp3) is 0.357. The van der Waals surface area contributed by atoms with Gasteiger partial charge in [0.05, 0.1) is 13.2 Å². The molecule has 0 saturated heterocycles. The lowest BCUT2D eigenvalue weighted by atomic mass is 9.99. The number of benzene rings is 1. The molecule has 0 aliphatic carbocycles. The summed E-state index contributed by atoms with van der Waals surface area (Å²) in [4.78, 5) is 16.9. The van der Waals surface area contributed by atoms with Crippen molar-refractivity contribution in [3.63, 3.8) is 0 Å². The third kappa shape index (κ3) is 1.49. The molecule has 1 unspecified atom stereocenters. The van der Waals surface area contributed by atoms with Crippen molar-refractivity contribution in [2.45, 2.75) is 19.4 Å². The number of rotatable bonds is 0. The molecule has 1 N–H and O–H groups in total. The van der Waals surface area contributed by atoms with Gasteiger partial charge in [0.15, 0.2) is 0 Å². The largest absolute Gasteiger partial charge is 0.453 e. The van der Waals surface area contributed by atoms with Crippen LogP contribution < -0.4 is 0 Å². The number of ether oxygens (including phenoxy) is 1. The van der Waals surface area contributed by atoms with Crippen LogP contribution in [-0.4, -0.2) is 29.6 Å². The Morgan fingerprint density at radius 3 is 3.00 bits per heavy atom. The van der Waals surface area contributed by atoms with E-state index in [0.717, 1.165) is 17.6 Å². The molecule has 0 spiro atoms. The van der Waals surface area contributed by atoms with E-state index in [1.54, 1.807) is 4.90 Å². The number of hydrogen-bond donors (Lipinski definition) is 1. The molecule has 0 fully saturated rings. The van der Waals surface area contributed by atoms with Crippen LogP contribution in [0.2, 0.25) is 0 Å². The van der Waals surface area contributed by atoms with Gasteiger partial charge < -0.3 is 9.72 Å². The lowest BCUT2D eigenvalue weighted by molar-refractivity contribution is 0.104. The number of para-hydroxylation sites is 1. The van der Waals surface area contributed by atoms with Crippen LogP contribution in [0.5, 0.6) is 0 Å². The number of nitrogens with one attached hydrogen (secondary N) is 1. The quantitative estimate of drug-likeness (QED) is 0.774. The number of nitrogens with zero attached hydrogens (tertiary/aromatic N) is 1. The van der Waals surface area contributed by atoms with Crippen LogP contribution in [0.15, 0.2) is 24.3 Å². The highest BCUT2D eigenvalue weighted by molar-refractivity contribution is 5.85. The molecule has 94 valence electrons. The number of fused-ring (bicyclic) bond motifs is 3. The standard InChI is InChI=1S/C14H16N2O2/c1-9-13-11(7-8-16(9)14(17)18-2)10-5-3-4-6-12(10)15-13/h3-6,9,15H,7-8H2,1-2H3. The van der Waals surface area contributed by atoms with E-state index in [1.165, 1.54) is 18.1 Å². The average molecular weight is 244 g/mol. The first-order chi connectivity index (χ1) is 8.72. The third-order valence-corrected chi connectivity index (χ3v) is 3.74. The molecular weight excluding hydrogens is 228 g/mol. The highest BCUT2D eigenvalue weighted by Gasteiger charge is 2.30. The Balaban J connectivity index is 2.08. The van der Waals surface area contributed by atoms with Gasteiger partial charge >= 0.3 is 6.09 Å².